The average Bonchev–Trinajstić information content (AvgIpc) is 2.11. The van der Waals surface area contributed by atoms with Crippen LogP contribution in [-0.2, 0) is 9.53 Å². The number of hydrogen-bond donors (Lipinski definition) is 0. The summed E-state index contributed by atoms with van der Waals surface area (Å²) >= 11 is 0. The zero-order valence-electron chi connectivity index (χ0n) is 14.7. The molecule has 0 amide bonds. The summed E-state index contributed by atoms with van der Waals surface area (Å²) in [5.74, 6) is -0.208. The molecule has 0 N–H and O–H groups in total. The summed E-state index contributed by atoms with van der Waals surface area (Å²) in [5.41, 5.74) is -1.51. The number of carbonyl (C=O) groups excluding carboxylic acids is 1. The maximum atomic E-state index is 12.7. The Hall–Kier alpha value is -1.04. The van der Waals surface area contributed by atoms with Crippen molar-refractivity contribution in [1.29, 1.82) is 5.26 Å². The Morgan fingerprint density at radius 1 is 1.00 bits per heavy atom. The number of nitrogens with zero attached hydrogens (tertiary/aromatic N) is 1. The van der Waals surface area contributed by atoms with Crippen molar-refractivity contribution >= 4 is 5.97 Å². The molecule has 0 aromatic heterocycles. The van der Waals surface area contributed by atoms with Crippen molar-refractivity contribution < 1.29 is 9.53 Å². The van der Waals surface area contributed by atoms with Gasteiger partial charge in [0.05, 0.1) is 17.9 Å². The predicted molar refractivity (Wildman–Crippen MR) is 82.0 cm³/mol. The minimum Gasteiger partial charge on any atom is -0.458 e. The molecular formula is C17H31NO2. The third-order valence-corrected chi connectivity index (χ3v) is 3.86. The first kappa shape index (κ1) is 19.0. The van der Waals surface area contributed by atoms with Crippen molar-refractivity contribution in [1.82, 2.24) is 0 Å². The molecule has 0 fully saturated rings. The van der Waals surface area contributed by atoms with Gasteiger partial charge in [0.25, 0.3) is 0 Å². The monoisotopic (exact) mass is 281 g/mol. The lowest BCUT2D eigenvalue weighted by Crippen LogP contribution is -2.47. The number of hydrogen-bond acceptors (Lipinski definition) is 3. The van der Waals surface area contributed by atoms with Gasteiger partial charge in [-0.25, -0.2) is 0 Å². The van der Waals surface area contributed by atoms with Gasteiger partial charge in [-0.2, -0.15) is 5.26 Å². The lowest BCUT2D eigenvalue weighted by molar-refractivity contribution is -0.177. The molecule has 0 aromatic carbocycles. The van der Waals surface area contributed by atoms with Crippen LogP contribution in [0.5, 0.6) is 0 Å². The molecule has 0 radical (unpaired) electrons. The minimum atomic E-state index is -0.740. The van der Waals surface area contributed by atoms with Crippen LogP contribution < -0.4 is 0 Å². The molecule has 0 saturated heterocycles. The fraction of sp³-hybridized carbons (Fsp3) is 0.882. The summed E-state index contributed by atoms with van der Waals surface area (Å²) in [6.07, 6.45) is 0.944. The lowest BCUT2D eigenvalue weighted by Gasteiger charge is -2.44. The van der Waals surface area contributed by atoms with E-state index in [2.05, 4.69) is 47.6 Å². The van der Waals surface area contributed by atoms with Crippen LogP contribution in [0.15, 0.2) is 0 Å². The molecule has 1 atom stereocenters. The van der Waals surface area contributed by atoms with Crippen LogP contribution in [0.1, 0.15) is 75.2 Å². The maximum absolute atomic E-state index is 12.7. The van der Waals surface area contributed by atoms with Crippen molar-refractivity contribution in [2.45, 2.75) is 80.8 Å². The topological polar surface area (TPSA) is 50.1 Å². The maximum Gasteiger partial charge on any atom is 0.312 e. The highest BCUT2D eigenvalue weighted by Crippen LogP contribution is 2.48. The zero-order valence-corrected chi connectivity index (χ0v) is 14.7. The van der Waals surface area contributed by atoms with Crippen LogP contribution in [0.4, 0.5) is 0 Å². The van der Waals surface area contributed by atoms with Gasteiger partial charge in [-0.3, -0.25) is 4.79 Å². The molecule has 0 rings (SSSR count). The van der Waals surface area contributed by atoms with Crippen LogP contribution in [0.3, 0.4) is 0 Å². The Morgan fingerprint density at radius 2 is 1.45 bits per heavy atom. The lowest BCUT2D eigenvalue weighted by atomic mass is 9.61. The third kappa shape index (κ3) is 5.15. The van der Waals surface area contributed by atoms with Crippen LogP contribution >= 0.6 is 0 Å². The highest BCUT2D eigenvalue weighted by atomic mass is 16.6. The van der Waals surface area contributed by atoms with E-state index in [-0.39, 0.29) is 23.2 Å². The van der Waals surface area contributed by atoms with Crippen LogP contribution in [0, 0.1) is 27.6 Å². The van der Waals surface area contributed by atoms with E-state index >= 15 is 0 Å². The van der Waals surface area contributed by atoms with Crippen molar-refractivity contribution in [2.24, 2.45) is 16.2 Å². The first-order chi connectivity index (χ1) is 8.65. The quantitative estimate of drug-likeness (QED) is 0.701. The van der Waals surface area contributed by atoms with E-state index in [1.807, 2.05) is 6.92 Å². The van der Waals surface area contributed by atoms with Crippen molar-refractivity contribution in [3.05, 3.63) is 0 Å². The molecule has 0 heterocycles. The molecule has 1 unspecified atom stereocenters. The van der Waals surface area contributed by atoms with Crippen LogP contribution in [-0.4, -0.2) is 11.6 Å². The molecule has 3 nitrogen and oxygen atoms in total. The molecule has 0 aliphatic carbocycles. The van der Waals surface area contributed by atoms with E-state index in [0.717, 1.165) is 6.42 Å². The first-order valence-electron chi connectivity index (χ1n) is 7.25. The second kappa shape index (κ2) is 5.76. The van der Waals surface area contributed by atoms with Gasteiger partial charge in [0.1, 0.15) is 5.60 Å². The fourth-order valence-corrected chi connectivity index (χ4v) is 2.29. The smallest absolute Gasteiger partial charge is 0.312 e. The summed E-state index contributed by atoms with van der Waals surface area (Å²) < 4.78 is 5.65. The number of rotatable bonds is 4. The van der Waals surface area contributed by atoms with Gasteiger partial charge in [0, 0.05) is 0 Å². The summed E-state index contributed by atoms with van der Waals surface area (Å²) in [4.78, 5) is 12.7. The Kier molecular flexibility index (Phi) is 5.46. The molecule has 0 bridgehead atoms. The Balaban J connectivity index is 5.38. The molecule has 0 saturated carbocycles. The second-order valence-electron chi connectivity index (χ2n) is 8.80. The van der Waals surface area contributed by atoms with Gasteiger partial charge >= 0.3 is 5.97 Å². The molecule has 0 aromatic rings. The predicted octanol–water partition coefficient (Wildman–Crippen LogP) is 4.71. The summed E-state index contributed by atoms with van der Waals surface area (Å²) in [5, 5.41) is 8.82. The summed E-state index contributed by atoms with van der Waals surface area (Å²) in [6, 6.07) is 2.07. The van der Waals surface area contributed by atoms with E-state index in [1.165, 1.54) is 0 Å². The van der Waals surface area contributed by atoms with E-state index < -0.39 is 11.0 Å². The Labute approximate surface area is 124 Å². The van der Waals surface area contributed by atoms with Gasteiger partial charge < -0.3 is 4.74 Å². The Bertz CT molecular complexity index is 391. The molecule has 0 aliphatic rings. The van der Waals surface area contributed by atoms with Gasteiger partial charge in [0.2, 0.25) is 0 Å². The van der Waals surface area contributed by atoms with Crippen molar-refractivity contribution in [3.8, 4) is 6.07 Å². The van der Waals surface area contributed by atoms with E-state index in [4.69, 9.17) is 10.00 Å². The largest absolute Gasteiger partial charge is 0.458 e. The first-order valence-corrected chi connectivity index (χ1v) is 7.25. The summed E-state index contributed by atoms with van der Waals surface area (Å²) in [6.45, 7) is 18.1. The number of ether oxygens (including phenoxy) is 1. The van der Waals surface area contributed by atoms with Crippen molar-refractivity contribution in [2.75, 3.05) is 0 Å². The third-order valence-electron chi connectivity index (χ3n) is 3.86. The van der Waals surface area contributed by atoms with E-state index in [9.17, 15) is 4.79 Å². The number of nitriles is 1. The highest BCUT2D eigenvalue weighted by Gasteiger charge is 2.49. The Morgan fingerprint density at radius 3 is 1.75 bits per heavy atom. The van der Waals surface area contributed by atoms with Gasteiger partial charge in [-0.05, 0) is 38.0 Å². The molecule has 116 valence electrons. The van der Waals surface area contributed by atoms with Gasteiger partial charge in [-0.15, -0.1) is 0 Å². The molecule has 20 heavy (non-hydrogen) atoms. The average molecular weight is 281 g/mol. The number of esters is 1. The number of carbonyl (C=O) groups is 1. The van der Waals surface area contributed by atoms with Crippen LogP contribution in [0.25, 0.3) is 0 Å². The van der Waals surface area contributed by atoms with E-state index in [0.29, 0.717) is 0 Å². The van der Waals surface area contributed by atoms with Crippen LogP contribution in [0.2, 0.25) is 0 Å². The van der Waals surface area contributed by atoms with Gasteiger partial charge in [-0.1, -0.05) is 41.5 Å². The van der Waals surface area contributed by atoms with E-state index in [1.54, 1.807) is 13.8 Å². The highest BCUT2D eigenvalue weighted by molar-refractivity contribution is 5.78. The second-order valence-corrected chi connectivity index (χ2v) is 8.80. The fourth-order valence-electron chi connectivity index (χ4n) is 2.29. The SMILES string of the molecule is CC(C)(C)CC(C)(C(=O)OC(C)(C)CC#N)C(C)(C)C. The van der Waals surface area contributed by atoms with Gasteiger partial charge in [0.15, 0.2) is 0 Å². The standard InChI is InChI=1S/C17H31NO2/c1-14(2,3)12-17(9,15(4,5)6)13(19)20-16(7,8)10-11-18/h10,12H2,1-9H3. The zero-order chi connectivity index (χ0) is 16.4. The summed E-state index contributed by atoms with van der Waals surface area (Å²) in [7, 11) is 0. The molecule has 3 heteroatoms. The molecular weight excluding hydrogens is 250 g/mol. The molecule has 0 spiro atoms. The van der Waals surface area contributed by atoms with Crippen molar-refractivity contribution in [3.63, 3.8) is 0 Å². The minimum absolute atomic E-state index is 0.0282. The molecule has 0 aliphatic heterocycles. The normalized spacial score (nSPS) is 16.2.